The highest BCUT2D eigenvalue weighted by molar-refractivity contribution is 7.94. The standard InChI is InChI=1S/C17H18N2O5S2/c1-12-5-3-4-6-16(12)18-26(23,24)15-9-7-14(8-10-15)19-17(20)13(2)11-25(19,21)22/h3-10,13,18H,11H2,1-2H3. The molecule has 0 radical (unpaired) electrons. The average molecular weight is 394 g/mol. The lowest BCUT2D eigenvalue weighted by molar-refractivity contribution is -0.119. The zero-order chi connectivity index (χ0) is 19.1. The SMILES string of the molecule is Cc1ccccc1NS(=O)(=O)c1ccc(N2C(=O)C(C)CS2(=O)=O)cc1. The van der Waals surface area contributed by atoms with Crippen LogP contribution >= 0.6 is 0 Å². The van der Waals surface area contributed by atoms with Gasteiger partial charge in [0.2, 0.25) is 15.9 Å². The zero-order valence-electron chi connectivity index (χ0n) is 14.2. The van der Waals surface area contributed by atoms with E-state index in [2.05, 4.69) is 4.72 Å². The van der Waals surface area contributed by atoms with Gasteiger partial charge in [-0.1, -0.05) is 25.1 Å². The molecule has 1 unspecified atom stereocenters. The molecule has 0 spiro atoms. The van der Waals surface area contributed by atoms with Gasteiger partial charge in [-0.15, -0.1) is 0 Å². The topological polar surface area (TPSA) is 101 Å². The van der Waals surface area contributed by atoms with E-state index in [0.29, 0.717) is 5.69 Å². The number of hydrogen-bond acceptors (Lipinski definition) is 5. The van der Waals surface area contributed by atoms with Crippen LogP contribution in [0.15, 0.2) is 53.4 Å². The first-order chi connectivity index (χ1) is 12.1. The van der Waals surface area contributed by atoms with Crippen LogP contribution < -0.4 is 9.03 Å². The predicted molar refractivity (Wildman–Crippen MR) is 98.9 cm³/mol. The van der Waals surface area contributed by atoms with Gasteiger partial charge in [-0.05, 0) is 42.8 Å². The third-order valence-electron chi connectivity index (χ3n) is 4.13. The second kappa shape index (κ2) is 6.40. The minimum Gasteiger partial charge on any atom is -0.279 e. The number of sulfonamides is 2. The summed E-state index contributed by atoms with van der Waals surface area (Å²) in [5.74, 6) is -1.38. The molecule has 138 valence electrons. The first-order valence-electron chi connectivity index (χ1n) is 7.87. The summed E-state index contributed by atoms with van der Waals surface area (Å²) in [6, 6.07) is 12.2. The van der Waals surface area contributed by atoms with E-state index >= 15 is 0 Å². The van der Waals surface area contributed by atoms with E-state index in [0.717, 1.165) is 9.87 Å². The Morgan fingerprint density at radius 1 is 1.08 bits per heavy atom. The molecule has 2 aromatic rings. The van der Waals surface area contributed by atoms with Crippen LogP contribution in [-0.4, -0.2) is 28.5 Å². The minimum absolute atomic E-state index is 0.0263. The summed E-state index contributed by atoms with van der Waals surface area (Å²) >= 11 is 0. The van der Waals surface area contributed by atoms with Crippen LogP contribution in [0.3, 0.4) is 0 Å². The van der Waals surface area contributed by atoms with Crippen molar-refractivity contribution in [3.63, 3.8) is 0 Å². The van der Waals surface area contributed by atoms with Crippen molar-refractivity contribution >= 4 is 37.3 Å². The second-order valence-electron chi connectivity index (χ2n) is 6.20. The number of carbonyl (C=O) groups excluding carboxylic acids is 1. The number of benzene rings is 2. The number of nitrogens with one attached hydrogen (secondary N) is 1. The largest absolute Gasteiger partial charge is 0.279 e. The maximum absolute atomic E-state index is 12.5. The molecule has 1 N–H and O–H groups in total. The van der Waals surface area contributed by atoms with E-state index in [9.17, 15) is 21.6 Å². The molecule has 0 aliphatic carbocycles. The quantitative estimate of drug-likeness (QED) is 0.856. The lowest BCUT2D eigenvalue weighted by atomic mass is 10.2. The first kappa shape index (κ1) is 18.4. The van der Waals surface area contributed by atoms with E-state index in [1.807, 2.05) is 0 Å². The fourth-order valence-corrected chi connectivity index (χ4v) is 5.69. The molecule has 1 atom stereocenters. The maximum Gasteiger partial charge on any atom is 0.261 e. The Labute approximate surface area is 152 Å². The third kappa shape index (κ3) is 3.32. The van der Waals surface area contributed by atoms with Crippen molar-refractivity contribution in [1.29, 1.82) is 0 Å². The van der Waals surface area contributed by atoms with Gasteiger partial charge in [-0.3, -0.25) is 9.52 Å². The molecule has 1 heterocycles. The van der Waals surface area contributed by atoms with Gasteiger partial charge in [-0.25, -0.2) is 21.1 Å². The maximum atomic E-state index is 12.5. The van der Waals surface area contributed by atoms with Crippen LogP contribution in [0.2, 0.25) is 0 Å². The highest BCUT2D eigenvalue weighted by Crippen LogP contribution is 2.29. The molecular weight excluding hydrogens is 376 g/mol. The Bertz CT molecular complexity index is 1060. The van der Waals surface area contributed by atoms with Crippen molar-refractivity contribution in [1.82, 2.24) is 0 Å². The summed E-state index contributed by atoms with van der Waals surface area (Å²) < 4.78 is 52.5. The molecular formula is C17H18N2O5S2. The normalized spacial score (nSPS) is 19.5. The predicted octanol–water partition coefficient (Wildman–Crippen LogP) is 2.11. The number of aryl methyl sites for hydroxylation is 1. The van der Waals surface area contributed by atoms with E-state index in [1.165, 1.54) is 24.3 Å². The summed E-state index contributed by atoms with van der Waals surface area (Å²) in [4.78, 5) is 12.1. The summed E-state index contributed by atoms with van der Waals surface area (Å²) in [6.07, 6.45) is 0. The van der Waals surface area contributed by atoms with E-state index in [4.69, 9.17) is 0 Å². The summed E-state index contributed by atoms with van der Waals surface area (Å²) in [5.41, 5.74) is 1.37. The molecule has 1 amide bonds. The lowest BCUT2D eigenvalue weighted by Crippen LogP contribution is -2.30. The molecule has 2 aromatic carbocycles. The van der Waals surface area contributed by atoms with Crippen molar-refractivity contribution in [2.45, 2.75) is 18.7 Å². The van der Waals surface area contributed by atoms with Gasteiger partial charge < -0.3 is 0 Å². The van der Waals surface area contributed by atoms with Crippen molar-refractivity contribution in [2.75, 3.05) is 14.8 Å². The molecule has 7 nitrogen and oxygen atoms in total. The lowest BCUT2D eigenvalue weighted by Gasteiger charge is -2.16. The number of para-hydroxylation sites is 1. The van der Waals surface area contributed by atoms with Gasteiger partial charge in [0.15, 0.2) is 0 Å². The molecule has 1 aliphatic heterocycles. The molecule has 0 bridgehead atoms. The highest BCUT2D eigenvalue weighted by atomic mass is 32.2. The zero-order valence-corrected chi connectivity index (χ0v) is 15.8. The summed E-state index contributed by atoms with van der Waals surface area (Å²) in [7, 11) is -7.55. The van der Waals surface area contributed by atoms with E-state index < -0.39 is 31.9 Å². The van der Waals surface area contributed by atoms with Gasteiger partial charge in [0.05, 0.1) is 27.9 Å². The smallest absolute Gasteiger partial charge is 0.261 e. The summed E-state index contributed by atoms with van der Waals surface area (Å²) in [5, 5.41) is 0. The molecule has 1 fully saturated rings. The van der Waals surface area contributed by atoms with Crippen molar-refractivity contribution in [3.8, 4) is 0 Å². The van der Waals surface area contributed by atoms with Gasteiger partial charge in [0.25, 0.3) is 10.0 Å². The van der Waals surface area contributed by atoms with Gasteiger partial charge in [0, 0.05) is 0 Å². The highest BCUT2D eigenvalue weighted by Gasteiger charge is 2.41. The van der Waals surface area contributed by atoms with E-state index in [1.54, 1.807) is 38.1 Å². The number of amides is 1. The molecule has 0 saturated carbocycles. The van der Waals surface area contributed by atoms with Crippen LogP contribution in [0, 0.1) is 12.8 Å². The Kier molecular flexibility index (Phi) is 4.53. The van der Waals surface area contributed by atoms with Crippen LogP contribution in [0.25, 0.3) is 0 Å². The van der Waals surface area contributed by atoms with Gasteiger partial charge in [0.1, 0.15) is 0 Å². The Balaban J connectivity index is 1.90. The molecule has 9 heteroatoms. The van der Waals surface area contributed by atoms with Crippen LogP contribution in [0.5, 0.6) is 0 Å². The molecule has 1 aliphatic rings. The molecule has 3 rings (SSSR count). The fourth-order valence-electron chi connectivity index (χ4n) is 2.74. The Hall–Kier alpha value is -2.39. The van der Waals surface area contributed by atoms with Crippen molar-refractivity contribution < 1.29 is 21.6 Å². The number of nitrogens with zero attached hydrogens (tertiary/aromatic N) is 1. The number of anilines is 2. The minimum atomic E-state index is -3.83. The van der Waals surface area contributed by atoms with E-state index in [-0.39, 0.29) is 16.3 Å². The third-order valence-corrected chi connectivity index (χ3v) is 7.38. The monoisotopic (exact) mass is 394 g/mol. The second-order valence-corrected chi connectivity index (χ2v) is 9.74. The van der Waals surface area contributed by atoms with Crippen molar-refractivity contribution in [3.05, 3.63) is 54.1 Å². The number of hydrogen-bond donors (Lipinski definition) is 1. The Morgan fingerprint density at radius 3 is 2.23 bits per heavy atom. The number of rotatable bonds is 4. The van der Waals surface area contributed by atoms with Crippen LogP contribution in [-0.2, 0) is 24.8 Å². The van der Waals surface area contributed by atoms with Crippen LogP contribution in [0.1, 0.15) is 12.5 Å². The van der Waals surface area contributed by atoms with Crippen LogP contribution in [0.4, 0.5) is 11.4 Å². The molecule has 26 heavy (non-hydrogen) atoms. The number of carbonyl (C=O) groups is 1. The first-order valence-corrected chi connectivity index (χ1v) is 11.0. The van der Waals surface area contributed by atoms with Gasteiger partial charge >= 0.3 is 0 Å². The average Bonchev–Trinajstić information content (AvgIpc) is 2.77. The molecule has 0 aromatic heterocycles. The van der Waals surface area contributed by atoms with Gasteiger partial charge in [-0.2, -0.15) is 0 Å². The van der Waals surface area contributed by atoms with Crippen molar-refractivity contribution in [2.24, 2.45) is 5.92 Å². The fraction of sp³-hybridized carbons (Fsp3) is 0.235. The molecule has 1 saturated heterocycles. The summed E-state index contributed by atoms with van der Waals surface area (Å²) in [6.45, 7) is 3.33. The Morgan fingerprint density at radius 2 is 1.69 bits per heavy atom.